The van der Waals surface area contributed by atoms with Crippen molar-refractivity contribution in [2.75, 3.05) is 19.7 Å². The van der Waals surface area contributed by atoms with Gasteiger partial charge in [0.2, 0.25) is 5.91 Å². The van der Waals surface area contributed by atoms with E-state index in [-0.39, 0.29) is 29.9 Å². The minimum absolute atomic E-state index is 0.163. The number of nitrogens with one attached hydrogen (secondary N) is 2. The van der Waals surface area contributed by atoms with Crippen molar-refractivity contribution >= 4 is 5.91 Å². The molecule has 0 bridgehead atoms. The topological polar surface area (TPSA) is 61.4 Å². The molecule has 4 heteroatoms. The van der Waals surface area contributed by atoms with Gasteiger partial charge in [-0.3, -0.25) is 4.79 Å². The molecule has 1 aliphatic heterocycles. The lowest BCUT2D eigenvalue weighted by Gasteiger charge is -2.39. The van der Waals surface area contributed by atoms with Gasteiger partial charge in [-0.1, -0.05) is 26.7 Å². The molecule has 0 radical (unpaired) electrons. The fourth-order valence-electron chi connectivity index (χ4n) is 3.62. The minimum atomic E-state index is -0.328. The molecular weight excluding hydrogens is 252 g/mol. The van der Waals surface area contributed by atoms with E-state index >= 15 is 0 Å². The van der Waals surface area contributed by atoms with Gasteiger partial charge in [-0.05, 0) is 44.7 Å². The SMILES string of the molecule is CC(C)(C(=O)NC1CCCCC1CO)C1CCCNC1. The van der Waals surface area contributed by atoms with Crippen LogP contribution in [0.3, 0.4) is 0 Å². The fourth-order valence-corrected chi connectivity index (χ4v) is 3.62. The van der Waals surface area contributed by atoms with Gasteiger partial charge < -0.3 is 15.7 Å². The van der Waals surface area contributed by atoms with Crippen LogP contribution in [0.15, 0.2) is 0 Å². The molecule has 1 amide bonds. The third kappa shape index (κ3) is 3.53. The van der Waals surface area contributed by atoms with Crippen molar-refractivity contribution in [3.8, 4) is 0 Å². The monoisotopic (exact) mass is 282 g/mol. The molecule has 0 aromatic carbocycles. The van der Waals surface area contributed by atoms with Crippen molar-refractivity contribution in [1.82, 2.24) is 10.6 Å². The second kappa shape index (κ2) is 6.90. The van der Waals surface area contributed by atoms with Gasteiger partial charge in [-0.2, -0.15) is 0 Å². The average Bonchev–Trinajstić information content (AvgIpc) is 2.48. The molecule has 3 atom stereocenters. The Morgan fingerprint density at radius 2 is 2.00 bits per heavy atom. The van der Waals surface area contributed by atoms with Gasteiger partial charge in [0.25, 0.3) is 0 Å². The highest BCUT2D eigenvalue weighted by molar-refractivity contribution is 5.82. The number of rotatable bonds is 4. The van der Waals surface area contributed by atoms with Crippen molar-refractivity contribution < 1.29 is 9.90 Å². The average molecular weight is 282 g/mol. The van der Waals surface area contributed by atoms with Gasteiger partial charge in [0.05, 0.1) is 0 Å². The lowest BCUT2D eigenvalue weighted by molar-refractivity contribution is -0.134. The molecule has 1 heterocycles. The van der Waals surface area contributed by atoms with Gasteiger partial charge in [0.1, 0.15) is 0 Å². The summed E-state index contributed by atoms with van der Waals surface area (Å²) >= 11 is 0. The first-order valence-corrected chi connectivity index (χ1v) is 8.18. The van der Waals surface area contributed by atoms with Gasteiger partial charge >= 0.3 is 0 Å². The highest BCUT2D eigenvalue weighted by atomic mass is 16.3. The second-order valence-electron chi connectivity index (χ2n) is 7.07. The largest absolute Gasteiger partial charge is 0.396 e. The molecule has 0 aromatic heterocycles. The van der Waals surface area contributed by atoms with Crippen LogP contribution in [0.2, 0.25) is 0 Å². The molecule has 1 aliphatic carbocycles. The Morgan fingerprint density at radius 3 is 2.65 bits per heavy atom. The van der Waals surface area contributed by atoms with E-state index < -0.39 is 0 Å². The lowest BCUT2D eigenvalue weighted by atomic mass is 9.73. The van der Waals surface area contributed by atoms with E-state index in [1.54, 1.807) is 0 Å². The molecule has 116 valence electrons. The number of piperidine rings is 1. The summed E-state index contributed by atoms with van der Waals surface area (Å²) in [7, 11) is 0. The number of hydrogen-bond donors (Lipinski definition) is 3. The molecule has 20 heavy (non-hydrogen) atoms. The maximum absolute atomic E-state index is 12.7. The standard InChI is InChI=1S/C16H30N2O2/c1-16(2,13-7-5-9-17-10-13)15(20)18-14-8-4-3-6-12(14)11-19/h12-14,17,19H,3-11H2,1-2H3,(H,18,20). The van der Waals surface area contributed by atoms with E-state index in [9.17, 15) is 9.90 Å². The summed E-state index contributed by atoms with van der Waals surface area (Å²) in [5.41, 5.74) is -0.328. The van der Waals surface area contributed by atoms with Gasteiger partial charge in [0, 0.05) is 24.0 Å². The van der Waals surface area contributed by atoms with E-state index in [1.807, 2.05) is 0 Å². The summed E-state index contributed by atoms with van der Waals surface area (Å²) in [6, 6.07) is 0.164. The van der Waals surface area contributed by atoms with Crippen molar-refractivity contribution in [2.45, 2.75) is 58.4 Å². The van der Waals surface area contributed by atoms with Crippen LogP contribution in [0.5, 0.6) is 0 Å². The highest BCUT2D eigenvalue weighted by Crippen LogP contribution is 2.33. The normalized spacial score (nSPS) is 31.9. The molecule has 1 saturated carbocycles. The Hall–Kier alpha value is -0.610. The number of aliphatic hydroxyl groups is 1. The Balaban J connectivity index is 1.94. The molecule has 2 fully saturated rings. The third-order valence-corrected chi connectivity index (χ3v) is 5.36. The quantitative estimate of drug-likeness (QED) is 0.735. The summed E-state index contributed by atoms with van der Waals surface area (Å²) in [5.74, 6) is 0.817. The van der Waals surface area contributed by atoms with Crippen molar-refractivity contribution in [3.05, 3.63) is 0 Å². The second-order valence-corrected chi connectivity index (χ2v) is 7.07. The third-order valence-electron chi connectivity index (χ3n) is 5.36. The summed E-state index contributed by atoms with van der Waals surface area (Å²) in [6.07, 6.45) is 6.66. The molecule has 3 unspecified atom stereocenters. The first-order valence-electron chi connectivity index (χ1n) is 8.18. The van der Waals surface area contributed by atoms with Crippen molar-refractivity contribution in [3.63, 3.8) is 0 Å². The maximum Gasteiger partial charge on any atom is 0.226 e. The van der Waals surface area contributed by atoms with E-state index in [4.69, 9.17) is 0 Å². The predicted octanol–water partition coefficient (Wildman–Crippen LogP) is 1.68. The Morgan fingerprint density at radius 1 is 1.25 bits per heavy atom. The summed E-state index contributed by atoms with van der Waals surface area (Å²) in [5, 5.41) is 16.1. The molecular formula is C16H30N2O2. The van der Waals surface area contributed by atoms with Gasteiger partial charge in [0.15, 0.2) is 0 Å². The van der Waals surface area contributed by atoms with E-state index in [1.165, 1.54) is 6.42 Å². The number of hydrogen-bond acceptors (Lipinski definition) is 3. The zero-order valence-corrected chi connectivity index (χ0v) is 13.0. The van der Waals surface area contributed by atoms with Crippen LogP contribution >= 0.6 is 0 Å². The molecule has 2 rings (SSSR count). The van der Waals surface area contributed by atoms with Crippen LogP contribution in [0, 0.1) is 17.3 Å². The number of carbonyl (C=O) groups excluding carboxylic acids is 1. The number of aliphatic hydroxyl groups excluding tert-OH is 1. The van der Waals surface area contributed by atoms with Crippen molar-refractivity contribution in [2.24, 2.45) is 17.3 Å². The van der Waals surface area contributed by atoms with Crippen LogP contribution in [0.1, 0.15) is 52.4 Å². The van der Waals surface area contributed by atoms with Gasteiger partial charge in [-0.15, -0.1) is 0 Å². The Kier molecular flexibility index (Phi) is 5.44. The number of amides is 1. The zero-order valence-electron chi connectivity index (χ0n) is 13.0. The van der Waals surface area contributed by atoms with Crippen molar-refractivity contribution in [1.29, 1.82) is 0 Å². The Bertz CT molecular complexity index is 324. The summed E-state index contributed by atoms with van der Waals surface area (Å²) in [6.45, 7) is 6.34. The molecule has 1 saturated heterocycles. The molecule has 3 N–H and O–H groups in total. The van der Waals surface area contributed by atoms with Crippen LogP contribution < -0.4 is 10.6 Å². The lowest BCUT2D eigenvalue weighted by Crippen LogP contribution is -2.52. The van der Waals surface area contributed by atoms with E-state index in [2.05, 4.69) is 24.5 Å². The first kappa shape index (κ1) is 15.8. The smallest absolute Gasteiger partial charge is 0.226 e. The summed E-state index contributed by atoms with van der Waals surface area (Å²) < 4.78 is 0. The van der Waals surface area contributed by atoms with Crippen LogP contribution in [-0.2, 0) is 4.79 Å². The zero-order chi connectivity index (χ0) is 14.6. The number of carbonyl (C=O) groups is 1. The molecule has 4 nitrogen and oxygen atoms in total. The van der Waals surface area contributed by atoms with E-state index in [0.717, 1.165) is 45.2 Å². The Labute approximate surface area is 122 Å². The molecule has 0 spiro atoms. The minimum Gasteiger partial charge on any atom is -0.396 e. The first-order chi connectivity index (χ1) is 9.55. The van der Waals surface area contributed by atoms with Crippen LogP contribution in [-0.4, -0.2) is 36.8 Å². The molecule has 0 aromatic rings. The van der Waals surface area contributed by atoms with E-state index in [0.29, 0.717) is 5.92 Å². The highest BCUT2D eigenvalue weighted by Gasteiger charge is 2.39. The maximum atomic E-state index is 12.7. The fraction of sp³-hybridized carbons (Fsp3) is 0.938. The van der Waals surface area contributed by atoms with Gasteiger partial charge in [-0.25, -0.2) is 0 Å². The van der Waals surface area contributed by atoms with Crippen LogP contribution in [0.25, 0.3) is 0 Å². The molecule has 2 aliphatic rings. The predicted molar refractivity (Wildman–Crippen MR) is 80.3 cm³/mol. The van der Waals surface area contributed by atoms with Crippen LogP contribution in [0.4, 0.5) is 0 Å². The summed E-state index contributed by atoms with van der Waals surface area (Å²) in [4.78, 5) is 12.7.